The maximum atomic E-state index is 11.6. The second-order valence-electron chi connectivity index (χ2n) is 3.24. The van der Waals surface area contributed by atoms with Gasteiger partial charge in [-0.05, 0) is 41.1 Å². The fourth-order valence-corrected chi connectivity index (χ4v) is 1.49. The number of rotatable bonds is 3. The second kappa shape index (κ2) is 5.61. The lowest BCUT2D eigenvalue weighted by atomic mass is 10.1. The van der Waals surface area contributed by atoms with Crippen LogP contribution in [0.3, 0.4) is 0 Å². The zero-order valence-corrected chi connectivity index (χ0v) is 11.6. The molecule has 0 fully saturated rings. The fraction of sp³-hybridized carbons (Fsp3) is 0.200. The molecule has 0 saturated heterocycles. The van der Waals surface area contributed by atoms with Gasteiger partial charge in [0, 0.05) is 10.2 Å². The van der Waals surface area contributed by atoms with E-state index in [1.165, 1.54) is 0 Å². The van der Waals surface area contributed by atoms with Crippen molar-refractivity contribution in [2.75, 3.05) is 5.32 Å². The zero-order chi connectivity index (χ0) is 12.3. The number of hydrogen-bond acceptors (Lipinski definition) is 2. The molecule has 1 aromatic carbocycles. The summed E-state index contributed by atoms with van der Waals surface area (Å²) in [4.78, 5) is 11.8. The van der Waals surface area contributed by atoms with Crippen molar-refractivity contribution in [3.63, 3.8) is 0 Å². The molecule has 86 valence electrons. The van der Waals surface area contributed by atoms with Crippen molar-refractivity contribution in [3.05, 3.63) is 27.7 Å². The zero-order valence-electron chi connectivity index (χ0n) is 8.46. The third-order valence-electron chi connectivity index (χ3n) is 2.01. The fourth-order valence-electron chi connectivity index (χ4n) is 0.954. The monoisotopic (exact) mass is 320 g/mol. The van der Waals surface area contributed by atoms with E-state index < -0.39 is 5.92 Å². The maximum Gasteiger partial charge on any atom is 0.234 e. The van der Waals surface area contributed by atoms with Crippen molar-refractivity contribution in [2.24, 2.45) is 11.7 Å². The third kappa shape index (κ3) is 3.43. The molecule has 1 rings (SSSR count). The van der Waals surface area contributed by atoms with Crippen LogP contribution in [-0.2, 0) is 4.79 Å². The minimum Gasteiger partial charge on any atom is -0.393 e. The van der Waals surface area contributed by atoms with Gasteiger partial charge in [0.05, 0.1) is 15.9 Å². The first kappa shape index (κ1) is 13.4. The number of halogens is 2. The molecular weight excluding hydrogens is 312 g/mol. The molecule has 1 amide bonds. The van der Waals surface area contributed by atoms with Crippen molar-refractivity contribution in [1.29, 1.82) is 0 Å². The molecule has 16 heavy (non-hydrogen) atoms. The van der Waals surface area contributed by atoms with Crippen molar-refractivity contribution < 1.29 is 4.79 Å². The number of carbonyl (C=O) groups excluding carboxylic acids is 1. The molecule has 0 radical (unpaired) electrons. The number of anilines is 1. The number of amides is 1. The summed E-state index contributed by atoms with van der Waals surface area (Å²) >= 11 is 13.9. The molecule has 3 nitrogen and oxygen atoms in total. The molecule has 0 saturated carbocycles. The van der Waals surface area contributed by atoms with Gasteiger partial charge in [-0.1, -0.05) is 23.8 Å². The van der Waals surface area contributed by atoms with Crippen LogP contribution < -0.4 is 11.1 Å². The molecule has 0 aliphatic heterocycles. The number of carbonyl (C=O) groups is 1. The highest BCUT2D eigenvalue weighted by molar-refractivity contribution is 9.10. The largest absolute Gasteiger partial charge is 0.393 e. The van der Waals surface area contributed by atoms with Crippen LogP contribution in [0.4, 0.5) is 5.69 Å². The summed E-state index contributed by atoms with van der Waals surface area (Å²) in [6.07, 6.45) is 0. The average Bonchev–Trinajstić information content (AvgIpc) is 2.22. The van der Waals surface area contributed by atoms with Crippen LogP contribution in [0.5, 0.6) is 0 Å². The molecule has 6 heteroatoms. The molecule has 1 atom stereocenters. The molecule has 0 spiro atoms. The van der Waals surface area contributed by atoms with Gasteiger partial charge in [-0.3, -0.25) is 4.79 Å². The highest BCUT2D eigenvalue weighted by Crippen LogP contribution is 2.25. The summed E-state index contributed by atoms with van der Waals surface area (Å²) in [6.45, 7) is 1.65. The van der Waals surface area contributed by atoms with Crippen LogP contribution in [0.1, 0.15) is 6.92 Å². The Hall–Kier alpha value is -0.650. The van der Waals surface area contributed by atoms with Gasteiger partial charge in [0.1, 0.15) is 0 Å². The standard InChI is InChI=1S/C10H10BrClN2OS/c1-5(9(13)16)10(15)14-6-2-3-7(11)8(12)4-6/h2-5H,1H3,(H2,13,16)(H,14,15). The second-order valence-corrected chi connectivity index (χ2v) is 4.98. The van der Waals surface area contributed by atoms with Gasteiger partial charge in [0.15, 0.2) is 0 Å². The summed E-state index contributed by atoms with van der Waals surface area (Å²) < 4.78 is 0.773. The van der Waals surface area contributed by atoms with Crippen molar-refractivity contribution in [3.8, 4) is 0 Å². The molecule has 0 bridgehead atoms. The number of nitrogens with one attached hydrogen (secondary N) is 1. The van der Waals surface area contributed by atoms with Crippen LogP contribution in [0.15, 0.2) is 22.7 Å². The van der Waals surface area contributed by atoms with E-state index in [1.54, 1.807) is 25.1 Å². The van der Waals surface area contributed by atoms with Gasteiger partial charge in [0.2, 0.25) is 5.91 Å². The van der Waals surface area contributed by atoms with Gasteiger partial charge in [-0.25, -0.2) is 0 Å². The van der Waals surface area contributed by atoms with Gasteiger partial charge < -0.3 is 11.1 Å². The summed E-state index contributed by atoms with van der Waals surface area (Å²) in [6, 6.07) is 5.14. The van der Waals surface area contributed by atoms with Crippen molar-refractivity contribution >= 4 is 56.3 Å². The van der Waals surface area contributed by atoms with Crippen LogP contribution >= 0.6 is 39.7 Å². The lowest BCUT2D eigenvalue weighted by Crippen LogP contribution is -2.30. The lowest BCUT2D eigenvalue weighted by molar-refractivity contribution is -0.117. The minimum absolute atomic E-state index is 0.167. The lowest BCUT2D eigenvalue weighted by Gasteiger charge is -2.11. The SMILES string of the molecule is CC(C(=O)Nc1ccc(Br)c(Cl)c1)C(N)=S. The molecule has 1 aromatic rings. The highest BCUT2D eigenvalue weighted by Gasteiger charge is 2.15. The summed E-state index contributed by atoms with van der Waals surface area (Å²) in [5.41, 5.74) is 5.99. The van der Waals surface area contributed by atoms with Gasteiger partial charge in [0.25, 0.3) is 0 Å². The molecule has 3 N–H and O–H groups in total. The molecule has 1 unspecified atom stereocenters. The van der Waals surface area contributed by atoms with E-state index in [-0.39, 0.29) is 10.9 Å². The first-order valence-corrected chi connectivity index (χ1v) is 6.05. The van der Waals surface area contributed by atoms with E-state index in [9.17, 15) is 4.79 Å². The van der Waals surface area contributed by atoms with E-state index in [0.717, 1.165) is 4.47 Å². The number of thiocarbonyl (C=S) groups is 1. The van der Waals surface area contributed by atoms with Crippen LogP contribution in [0.2, 0.25) is 5.02 Å². The third-order valence-corrected chi connectivity index (χ3v) is 3.59. The van der Waals surface area contributed by atoms with Crippen LogP contribution in [0.25, 0.3) is 0 Å². The Morgan fingerprint density at radius 2 is 2.25 bits per heavy atom. The summed E-state index contributed by atoms with van der Waals surface area (Å²) in [7, 11) is 0. The molecule has 0 aromatic heterocycles. The molecule has 0 heterocycles. The van der Waals surface area contributed by atoms with E-state index in [2.05, 4.69) is 21.2 Å². The van der Waals surface area contributed by atoms with Crippen molar-refractivity contribution in [1.82, 2.24) is 0 Å². The van der Waals surface area contributed by atoms with E-state index in [0.29, 0.717) is 10.7 Å². The minimum atomic E-state index is -0.502. The first-order valence-electron chi connectivity index (χ1n) is 4.47. The molecular formula is C10H10BrClN2OS. The predicted molar refractivity (Wildman–Crippen MR) is 73.7 cm³/mol. The normalized spacial score (nSPS) is 11.9. The maximum absolute atomic E-state index is 11.6. The average molecular weight is 322 g/mol. The Kier molecular flexibility index (Phi) is 4.70. The van der Waals surface area contributed by atoms with Gasteiger partial charge in [-0.15, -0.1) is 0 Å². The summed E-state index contributed by atoms with van der Waals surface area (Å²) in [5.74, 6) is -0.747. The van der Waals surface area contributed by atoms with E-state index >= 15 is 0 Å². The van der Waals surface area contributed by atoms with Gasteiger partial charge in [-0.2, -0.15) is 0 Å². The van der Waals surface area contributed by atoms with E-state index in [1.807, 2.05) is 0 Å². The Balaban J connectivity index is 2.77. The quantitative estimate of drug-likeness (QED) is 0.842. The molecule has 0 aliphatic rings. The summed E-state index contributed by atoms with van der Waals surface area (Å²) in [5, 5.41) is 3.21. The van der Waals surface area contributed by atoms with Gasteiger partial charge >= 0.3 is 0 Å². The van der Waals surface area contributed by atoms with Crippen LogP contribution in [0, 0.1) is 5.92 Å². The Morgan fingerprint density at radius 1 is 1.62 bits per heavy atom. The smallest absolute Gasteiger partial charge is 0.234 e. The topological polar surface area (TPSA) is 55.1 Å². The highest BCUT2D eigenvalue weighted by atomic mass is 79.9. The Morgan fingerprint density at radius 3 is 2.75 bits per heavy atom. The number of benzene rings is 1. The Labute approximate surface area is 112 Å². The number of nitrogens with two attached hydrogens (primary N) is 1. The Bertz CT molecular complexity index is 439. The number of hydrogen-bond donors (Lipinski definition) is 2. The molecule has 0 aliphatic carbocycles. The van der Waals surface area contributed by atoms with Crippen LogP contribution in [-0.4, -0.2) is 10.9 Å². The predicted octanol–water partition coefficient (Wildman–Crippen LogP) is 2.96. The van der Waals surface area contributed by atoms with Crippen molar-refractivity contribution in [2.45, 2.75) is 6.92 Å². The first-order chi connectivity index (χ1) is 7.41. The van der Waals surface area contributed by atoms with E-state index in [4.69, 9.17) is 29.6 Å².